The Balaban J connectivity index is 1.72. The number of carboxylic acids is 1. The smallest absolute Gasteiger partial charge is 0.339 e. The van der Waals surface area contributed by atoms with Crippen LogP contribution in [-0.2, 0) is 4.79 Å². The number of hydrogen-bond acceptors (Lipinski definition) is 4. The fourth-order valence-corrected chi connectivity index (χ4v) is 1.70. The molecule has 6 heteroatoms. The Morgan fingerprint density at radius 2 is 2.21 bits per heavy atom. The summed E-state index contributed by atoms with van der Waals surface area (Å²) in [7, 11) is 0. The van der Waals surface area contributed by atoms with E-state index < -0.39 is 5.97 Å². The van der Waals surface area contributed by atoms with Crippen LogP contribution >= 0.6 is 0 Å². The first kappa shape index (κ1) is 13.3. The van der Waals surface area contributed by atoms with Gasteiger partial charge in [0.05, 0.1) is 0 Å². The topological polar surface area (TPSA) is 91.3 Å². The fraction of sp³-hybridized carbons (Fsp3) is 0.462. The van der Waals surface area contributed by atoms with Crippen molar-refractivity contribution in [1.29, 1.82) is 0 Å². The summed E-state index contributed by atoms with van der Waals surface area (Å²) in [5.74, 6) is -0.608. The highest BCUT2D eigenvalue weighted by Crippen LogP contribution is 2.18. The van der Waals surface area contributed by atoms with Crippen LogP contribution in [0.4, 0.5) is 5.82 Å². The van der Waals surface area contributed by atoms with Crippen LogP contribution in [-0.4, -0.2) is 34.6 Å². The number of aromatic carboxylic acids is 1. The molecule has 0 bridgehead atoms. The van der Waals surface area contributed by atoms with Gasteiger partial charge in [0.25, 0.3) is 0 Å². The van der Waals surface area contributed by atoms with Crippen molar-refractivity contribution in [3.05, 3.63) is 23.9 Å². The van der Waals surface area contributed by atoms with Gasteiger partial charge in [-0.15, -0.1) is 0 Å². The summed E-state index contributed by atoms with van der Waals surface area (Å²) in [6.07, 6.45) is 4.79. The molecule has 102 valence electrons. The number of carboxylic acid groups (broad SMARTS) is 1. The monoisotopic (exact) mass is 263 g/mol. The Hall–Kier alpha value is -2.11. The Labute approximate surface area is 111 Å². The Morgan fingerprint density at radius 3 is 2.89 bits per heavy atom. The first-order valence-electron chi connectivity index (χ1n) is 6.38. The lowest BCUT2D eigenvalue weighted by Crippen LogP contribution is -2.25. The molecule has 0 aromatic carbocycles. The second kappa shape index (κ2) is 6.17. The first-order chi connectivity index (χ1) is 9.16. The van der Waals surface area contributed by atoms with E-state index in [2.05, 4.69) is 15.6 Å². The second-order valence-corrected chi connectivity index (χ2v) is 4.58. The molecule has 0 saturated heterocycles. The molecule has 1 saturated carbocycles. The van der Waals surface area contributed by atoms with E-state index in [0.717, 1.165) is 12.8 Å². The van der Waals surface area contributed by atoms with Crippen molar-refractivity contribution in [2.75, 3.05) is 11.9 Å². The average Bonchev–Trinajstić information content (AvgIpc) is 3.19. The summed E-state index contributed by atoms with van der Waals surface area (Å²) in [6, 6.07) is 3.46. The third-order valence-corrected chi connectivity index (χ3v) is 2.85. The minimum atomic E-state index is -1.01. The molecule has 1 aromatic heterocycles. The third kappa shape index (κ3) is 4.24. The van der Waals surface area contributed by atoms with E-state index in [4.69, 9.17) is 5.11 Å². The van der Waals surface area contributed by atoms with Crippen molar-refractivity contribution in [3.63, 3.8) is 0 Å². The van der Waals surface area contributed by atoms with E-state index >= 15 is 0 Å². The number of nitrogens with zero attached hydrogens (tertiary/aromatic N) is 1. The Bertz CT molecular complexity index is 472. The molecule has 1 aliphatic rings. The van der Waals surface area contributed by atoms with Crippen LogP contribution in [0.2, 0.25) is 0 Å². The summed E-state index contributed by atoms with van der Waals surface area (Å²) < 4.78 is 0. The van der Waals surface area contributed by atoms with Crippen LogP contribution in [0.25, 0.3) is 0 Å². The molecular weight excluding hydrogens is 246 g/mol. The molecule has 1 aliphatic carbocycles. The summed E-state index contributed by atoms with van der Waals surface area (Å²) in [5, 5.41) is 14.8. The second-order valence-electron chi connectivity index (χ2n) is 4.58. The van der Waals surface area contributed by atoms with Crippen molar-refractivity contribution >= 4 is 17.7 Å². The maximum absolute atomic E-state index is 11.4. The van der Waals surface area contributed by atoms with Gasteiger partial charge in [-0.3, -0.25) is 4.79 Å². The number of pyridine rings is 1. The van der Waals surface area contributed by atoms with Crippen molar-refractivity contribution in [2.45, 2.75) is 31.7 Å². The number of carbonyl (C=O) groups is 2. The van der Waals surface area contributed by atoms with Gasteiger partial charge in [-0.05, 0) is 31.4 Å². The van der Waals surface area contributed by atoms with E-state index in [9.17, 15) is 9.59 Å². The van der Waals surface area contributed by atoms with Gasteiger partial charge in [0.15, 0.2) is 0 Å². The van der Waals surface area contributed by atoms with Crippen molar-refractivity contribution in [3.8, 4) is 0 Å². The number of nitrogens with one attached hydrogen (secondary N) is 2. The van der Waals surface area contributed by atoms with E-state index in [1.54, 1.807) is 6.07 Å². The zero-order valence-electron chi connectivity index (χ0n) is 10.6. The van der Waals surface area contributed by atoms with Gasteiger partial charge in [-0.1, -0.05) is 0 Å². The normalized spacial score (nSPS) is 13.9. The molecule has 1 heterocycles. The Morgan fingerprint density at radius 1 is 1.42 bits per heavy atom. The maximum Gasteiger partial charge on any atom is 0.339 e. The van der Waals surface area contributed by atoms with Gasteiger partial charge in [0.2, 0.25) is 5.91 Å². The largest absolute Gasteiger partial charge is 0.478 e. The van der Waals surface area contributed by atoms with E-state index in [-0.39, 0.29) is 11.5 Å². The SMILES string of the molecule is O=C(CCCNc1ncccc1C(=O)O)NC1CC1. The lowest BCUT2D eigenvalue weighted by Gasteiger charge is -2.08. The van der Waals surface area contributed by atoms with E-state index in [1.165, 1.54) is 12.3 Å². The highest BCUT2D eigenvalue weighted by Gasteiger charge is 2.22. The quantitative estimate of drug-likeness (QED) is 0.644. The first-order valence-corrected chi connectivity index (χ1v) is 6.38. The lowest BCUT2D eigenvalue weighted by molar-refractivity contribution is -0.121. The molecule has 1 aromatic rings. The van der Waals surface area contributed by atoms with Gasteiger partial charge in [0, 0.05) is 25.2 Å². The minimum Gasteiger partial charge on any atom is -0.478 e. The molecule has 0 radical (unpaired) electrons. The van der Waals surface area contributed by atoms with Crippen LogP contribution in [0.1, 0.15) is 36.0 Å². The average molecular weight is 263 g/mol. The van der Waals surface area contributed by atoms with Gasteiger partial charge in [-0.25, -0.2) is 9.78 Å². The fourth-order valence-electron chi connectivity index (χ4n) is 1.70. The van der Waals surface area contributed by atoms with E-state index in [0.29, 0.717) is 31.2 Å². The Kier molecular flexibility index (Phi) is 4.33. The standard InChI is InChI=1S/C13H17N3O3/c17-11(16-9-5-6-9)4-2-8-15-12-10(13(18)19)3-1-7-14-12/h1,3,7,9H,2,4-6,8H2,(H,14,15)(H,16,17)(H,18,19). The van der Waals surface area contributed by atoms with Crippen LogP contribution < -0.4 is 10.6 Å². The van der Waals surface area contributed by atoms with Crippen LogP contribution in [0.15, 0.2) is 18.3 Å². The maximum atomic E-state index is 11.4. The summed E-state index contributed by atoms with van der Waals surface area (Å²) in [4.78, 5) is 26.4. The highest BCUT2D eigenvalue weighted by molar-refractivity contribution is 5.92. The molecule has 1 fully saturated rings. The lowest BCUT2D eigenvalue weighted by atomic mass is 10.2. The van der Waals surface area contributed by atoms with Gasteiger partial charge >= 0.3 is 5.97 Å². The molecule has 1 amide bonds. The number of rotatable bonds is 7. The molecule has 0 spiro atoms. The number of aromatic nitrogens is 1. The molecule has 0 aliphatic heterocycles. The van der Waals surface area contributed by atoms with Gasteiger partial charge in [-0.2, -0.15) is 0 Å². The minimum absolute atomic E-state index is 0.0591. The number of amides is 1. The van der Waals surface area contributed by atoms with Gasteiger partial charge in [0.1, 0.15) is 11.4 Å². The predicted octanol–water partition coefficient (Wildman–Crippen LogP) is 1.25. The summed E-state index contributed by atoms with van der Waals surface area (Å²) in [6.45, 7) is 0.523. The van der Waals surface area contributed by atoms with Crippen LogP contribution in [0.5, 0.6) is 0 Å². The third-order valence-electron chi connectivity index (χ3n) is 2.85. The zero-order valence-corrected chi connectivity index (χ0v) is 10.6. The zero-order chi connectivity index (χ0) is 13.7. The molecule has 0 atom stereocenters. The number of carbonyl (C=O) groups excluding carboxylic acids is 1. The highest BCUT2D eigenvalue weighted by atomic mass is 16.4. The molecule has 6 nitrogen and oxygen atoms in total. The molecule has 3 N–H and O–H groups in total. The number of hydrogen-bond donors (Lipinski definition) is 3. The number of anilines is 1. The van der Waals surface area contributed by atoms with Crippen molar-refractivity contribution in [1.82, 2.24) is 10.3 Å². The predicted molar refractivity (Wildman–Crippen MR) is 70.1 cm³/mol. The van der Waals surface area contributed by atoms with Crippen molar-refractivity contribution in [2.24, 2.45) is 0 Å². The van der Waals surface area contributed by atoms with Gasteiger partial charge < -0.3 is 15.7 Å². The van der Waals surface area contributed by atoms with E-state index in [1.807, 2.05) is 0 Å². The molecule has 2 rings (SSSR count). The van der Waals surface area contributed by atoms with Crippen molar-refractivity contribution < 1.29 is 14.7 Å². The molecule has 19 heavy (non-hydrogen) atoms. The van der Waals surface area contributed by atoms with Crippen LogP contribution in [0, 0.1) is 0 Å². The summed E-state index contributed by atoms with van der Waals surface area (Å²) in [5.41, 5.74) is 0.143. The molecular formula is C13H17N3O3. The summed E-state index contributed by atoms with van der Waals surface area (Å²) >= 11 is 0. The van der Waals surface area contributed by atoms with Crippen LogP contribution in [0.3, 0.4) is 0 Å². The molecule has 0 unspecified atom stereocenters.